The first-order chi connectivity index (χ1) is 9.60. The second kappa shape index (κ2) is 6.72. The molecule has 4 N–H and O–H groups in total. The number of hydrogen-bond donors (Lipinski definition) is 3. The number of amides is 2. The number of carbonyl (C=O) groups excluding carboxylic acids is 2. The molecule has 0 spiro atoms. The van der Waals surface area contributed by atoms with Crippen molar-refractivity contribution in [3.05, 3.63) is 28.8 Å². The van der Waals surface area contributed by atoms with E-state index in [-0.39, 0.29) is 17.9 Å². The third-order valence-electron chi connectivity index (χ3n) is 3.02. The molecule has 6 heteroatoms. The van der Waals surface area contributed by atoms with Gasteiger partial charge in [0.15, 0.2) is 0 Å². The maximum absolute atomic E-state index is 12.0. The van der Waals surface area contributed by atoms with Crippen LogP contribution in [0.2, 0.25) is 5.02 Å². The molecule has 0 radical (unpaired) electrons. The van der Waals surface area contributed by atoms with Gasteiger partial charge >= 0.3 is 0 Å². The summed E-state index contributed by atoms with van der Waals surface area (Å²) in [7, 11) is 0. The average Bonchev–Trinajstić information content (AvgIpc) is 3.22. The van der Waals surface area contributed by atoms with Gasteiger partial charge in [-0.2, -0.15) is 0 Å². The van der Waals surface area contributed by atoms with E-state index < -0.39 is 0 Å². The summed E-state index contributed by atoms with van der Waals surface area (Å²) in [5.41, 5.74) is 6.31. The van der Waals surface area contributed by atoms with Crippen LogP contribution in [0.4, 0.5) is 5.69 Å². The molecule has 1 aliphatic rings. The summed E-state index contributed by atoms with van der Waals surface area (Å²) in [6, 6.07) is 5.15. The number of nitrogens with one attached hydrogen (secondary N) is 2. The van der Waals surface area contributed by atoms with E-state index in [1.807, 2.05) is 0 Å². The standard InChI is InChI=1S/C14H18ClN3O2/c15-12-6-5-10(17-13(19)2-1-7-16)8-11(12)14(20)18-9-3-4-9/h5-6,8-9H,1-4,7,16H2,(H,17,19)(H,18,20). The maximum atomic E-state index is 12.0. The highest BCUT2D eigenvalue weighted by Gasteiger charge is 2.24. The lowest BCUT2D eigenvalue weighted by Crippen LogP contribution is -2.25. The van der Waals surface area contributed by atoms with E-state index in [1.165, 1.54) is 0 Å². The first-order valence-electron chi connectivity index (χ1n) is 6.70. The Morgan fingerprint density at radius 3 is 2.75 bits per heavy atom. The summed E-state index contributed by atoms with van der Waals surface area (Å²) in [6.45, 7) is 0.475. The highest BCUT2D eigenvalue weighted by Crippen LogP contribution is 2.24. The van der Waals surface area contributed by atoms with Gasteiger partial charge in [0.1, 0.15) is 0 Å². The minimum absolute atomic E-state index is 0.119. The Morgan fingerprint density at radius 1 is 1.35 bits per heavy atom. The second-order valence-corrected chi connectivity index (χ2v) is 5.29. The van der Waals surface area contributed by atoms with Crippen molar-refractivity contribution in [2.24, 2.45) is 5.73 Å². The van der Waals surface area contributed by atoms with Crippen LogP contribution in [-0.4, -0.2) is 24.4 Å². The third-order valence-corrected chi connectivity index (χ3v) is 3.34. The van der Waals surface area contributed by atoms with Crippen molar-refractivity contribution < 1.29 is 9.59 Å². The van der Waals surface area contributed by atoms with Crippen LogP contribution in [0.3, 0.4) is 0 Å². The maximum Gasteiger partial charge on any atom is 0.253 e. The van der Waals surface area contributed by atoms with Gasteiger partial charge in [-0.3, -0.25) is 9.59 Å². The molecule has 5 nitrogen and oxygen atoms in total. The molecular formula is C14H18ClN3O2. The largest absolute Gasteiger partial charge is 0.349 e. The first-order valence-corrected chi connectivity index (χ1v) is 7.08. The Morgan fingerprint density at radius 2 is 2.10 bits per heavy atom. The van der Waals surface area contributed by atoms with Crippen LogP contribution in [0.5, 0.6) is 0 Å². The Labute approximate surface area is 122 Å². The lowest BCUT2D eigenvalue weighted by molar-refractivity contribution is -0.116. The van der Waals surface area contributed by atoms with Crippen molar-refractivity contribution in [3.63, 3.8) is 0 Å². The molecule has 1 aromatic carbocycles. The van der Waals surface area contributed by atoms with Crippen molar-refractivity contribution in [1.82, 2.24) is 5.32 Å². The van der Waals surface area contributed by atoms with E-state index in [1.54, 1.807) is 18.2 Å². The van der Waals surface area contributed by atoms with E-state index in [0.717, 1.165) is 12.8 Å². The van der Waals surface area contributed by atoms with Crippen LogP contribution < -0.4 is 16.4 Å². The minimum atomic E-state index is -0.199. The van der Waals surface area contributed by atoms with Gasteiger partial charge in [0.25, 0.3) is 5.91 Å². The van der Waals surface area contributed by atoms with Crippen molar-refractivity contribution in [3.8, 4) is 0 Å². The molecular weight excluding hydrogens is 278 g/mol. The second-order valence-electron chi connectivity index (χ2n) is 4.88. The smallest absolute Gasteiger partial charge is 0.253 e. The van der Waals surface area contributed by atoms with Gasteiger partial charge in [-0.25, -0.2) is 0 Å². The van der Waals surface area contributed by atoms with Gasteiger partial charge in [0.2, 0.25) is 5.91 Å². The molecule has 20 heavy (non-hydrogen) atoms. The SMILES string of the molecule is NCCCC(=O)Nc1ccc(Cl)c(C(=O)NC2CC2)c1. The molecule has 0 bridgehead atoms. The fourth-order valence-electron chi connectivity index (χ4n) is 1.75. The topological polar surface area (TPSA) is 84.2 Å². The van der Waals surface area contributed by atoms with Crippen molar-refractivity contribution in [2.75, 3.05) is 11.9 Å². The van der Waals surface area contributed by atoms with Crippen LogP contribution in [0.1, 0.15) is 36.0 Å². The van der Waals surface area contributed by atoms with Crippen molar-refractivity contribution >= 4 is 29.1 Å². The molecule has 1 aliphatic carbocycles. The monoisotopic (exact) mass is 295 g/mol. The number of hydrogen-bond acceptors (Lipinski definition) is 3. The Bertz CT molecular complexity index is 515. The molecule has 0 atom stereocenters. The fraction of sp³-hybridized carbons (Fsp3) is 0.429. The predicted molar refractivity (Wildman–Crippen MR) is 78.9 cm³/mol. The summed E-state index contributed by atoms with van der Waals surface area (Å²) >= 11 is 6.03. The van der Waals surface area contributed by atoms with Crippen LogP contribution >= 0.6 is 11.6 Å². The zero-order valence-electron chi connectivity index (χ0n) is 11.1. The normalized spacial score (nSPS) is 13.9. The van der Waals surface area contributed by atoms with Crippen LogP contribution in [-0.2, 0) is 4.79 Å². The van der Waals surface area contributed by atoms with Gasteiger partial charge in [-0.05, 0) is 44.0 Å². The van der Waals surface area contributed by atoms with E-state index >= 15 is 0 Å². The van der Waals surface area contributed by atoms with Crippen LogP contribution in [0.15, 0.2) is 18.2 Å². The predicted octanol–water partition coefficient (Wildman–Crippen LogP) is 1.91. The molecule has 2 rings (SSSR count). The molecule has 1 saturated carbocycles. The Hall–Kier alpha value is -1.59. The summed E-state index contributed by atoms with van der Waals surface area (Å²) < 4.78 is 0. The van der Waals surface area contributed by atoms with Gasteiger partial charge in [0.05, 0.1) is 10.6 Å². The van der Waals surface area contributed by atoms with E-state index in [4.69, 9.17) is 17.3 Å². The number of carbonyl (C=O) groups is 2. The highest BCUT2D eigenvalue weighted by atomic mass is 35.5. The third kappa shape index (κ3) is 4.21. The fourth-order valence-corrected chi connectivity index (χ4v) is 1.96. The molecule has 0 unspecified atom stereocenters. The Kier molecular flexibility index (Phi) is 4.98. The minimum Gasteiger partial charge on any atom is -0.349 e. The first kappa shape index (κ1) is 14.8. The van der Waals surface area contributed by atoms with Crippen molar-refractivity contribution in [1.29, 1.82) is 0 Å². The summed E-state index contributed by atoms with van der Waals surface area (Å²) in [5, 5.41) is 5.99. The lowest BCUT2D eigenvalue weighted by atomic mass is 10.1. The van der Waals surface area contributed by atoms with Gasteiger partial charge < -0.3 is 16.4 Å². The number of benzene rings is 1. The molecule has 2 amide bonds. The molecule has 0 heterocycles. The van der Waals surface area contributed by atoms with Gasteiger partial charge in [-0.15, -0.1) is 0 Å². The van der Waals surface area contributed by atoms with Crippen LogP contribution in [0.25, 0.3) is 0 Å². The average molecular weight is 296 g/mol. The van der Waals surface area contributed by atoms with Gasteiger partial charge in [0, 0.05) is 18.2 Å². The molecule has 0 saturated heterocycles. The van der Waals surface area contributed by atoms with E-state index in [0.29, 0.717) is 35.7 Å². The highest BCUT2D eigenvalue weighted by molar-refractivity contribution is 6.34. The number of anilines is 1. The van der Waals surface area contributed by atoms with E-state index in [2.05, 4.69) is 10.6 Å². The molecule has 108 valence electrons. The van der Waals surface area contributed by atoms with Crippen molar-refractivity contribution in [2.45, 2.75) is 31.7 Å². The molecule has 1 fully saturated rings. The number of nitrogens with two attached hydrogens (primary N) is 1. The zero-order chi connectivity index (χ0) is 14.5. The summed E-state index contributed by atoms with van der Waals surface area (Å²) in [4.78, 5) is 23.6. The van der Waals surface area contributed by atoms with Gasteiger partial charge in [-0.1, -0.05) is 11.6 Å². The zero-order valence-corrected chi connectivity index (χ0v) is 11.9. The lowest BCUT2D eigenvalue weighted by Gasteiger charge is -2.09. The Balaban J connectivity index is 2.03. The number of halogens is 1. The molecule has 0 aromatic heterocycles. The number of rotatable bonds is 6. The van der Waals surface area contributed by atoms with E-state index in [9.17, 15) is 9.59 Å². The summed E-state index contributed by atoms with van der Waals surface area (Å²) in [6.07, 6.45) is 3.02. The van der Waals surface area contributed by atoms with Crippen LogP contribution in [0, 0.1) is 0 Å². The summed E-state index contributed by atoms with van der Waals surface area (Å²) in [5.74, 6) is -0.318. The molecule has 1 aromatic rings. The molecule has 0 aliphatic heterocycles. The quantitative estimate of drug-likeness (QED) is 0.749.